The Morgan fingerprint density at radius 3 is 2.65 bits per heavy atom. The van der Waals surface area contributed by atoms with Crippen LogP contribution in [-0.4, -0.2) is 25.1 Å². The lowest BCUT2D eigenvalue weighted by Crippen LogP contribution is -2.33. The summed E-state index contributed by atoms with van der Waals surface area (Å²) in [5.41, 5.74) is 6.98. The normalized spacial score (nSPS) is 12.5. The smallest absolute Gasteiger partial charge is 0.146 e. The molecule has 2 nitrogen and oxygen atoms in total. The summed E-state index contributed by atoms with van der Waals surface area (Å²) >= 11 is 1.79. The molecule has 0 saturated heterocycles. The molecule has 1 unspecified atom stereocenters. The van der Waals surface area contributed by atoms with E-state index in [-0.39, 0.29) is 5.82 Å². The first-order valence-electron chi connectivity index (χ1n) is 5.84. The molecule has 0 aromatic heterocycles. The van der Waals surface area contributed by atoms with Gasteiger partial charge in [0.15, 0.2) is 0 Å². The molecule has 17 heavy (non-hydrogen) atoms. The maximum Gasteiger partial charge on any atom is 0.146 e. The summed E-state index contributed by atoms with van der Waals surface area (Å²) in [5.74, 6) is 0.820. The lowest BCUT2D eigenvalue weighted by atomic mass is 10.1. The summed E-state index contributed by atoms with van der Waals surface area (Å²) in [6, 6.07) is 5.60. The average Bonchev–Trinajstić information content (AvgIpc) is 2.35. The standard InChI is InChI=1S/C13H21FN2S/c1-4-11(9-17-3)16(2)13-6-5-10(8-15)7-12(13)14/h5-7,11H,4,8-9,15H2,1-3H3. The molecular formula is C13H21FN2S. The van der Waals surface area contributed by atoms with E-state index in [0.29, 0.717) is 18.3 Å². The van der Waals surface area contributed by atoms with Gasteiger partial charge in [-0.15, -0.1) is 0 Å². The third kappa shape index (κ3) is 3.61. The van der Waals surface area contributed by atoms with Crippen molar-refractivity contribution < 1.29 is 4.39 Å². The maximum absolute atomic E-state index is 13.9. The van der Waals surface area contributed by atoms with Gasteiger partial charge >= 0.3 is 0 Å². The summed E-state index contributed by atoms with van der Waals surface area (Å²) < 4.78 is 13.9. The van der Waals surface area contributed by atoms with Gasteiger partial charge in [-0.3, -0.25) is 0 Å². The zero-order chi connectivity index (χ0) is 12.8. The van der Waals surface area contributed by atoms with Gasteiger partial charge in [0.2, 0.25) is 0 Å². The summed E-state index contributed by atoms with van der Waals surface area (Å²) in [7, 11) is 1.95. The first-order valence-corrected chi connectivity index (χ1v) is 7.23. The monoisotopic (exact) mass is 256 g/mol. The number of hydrogen-bond donors (Lipinski definition) is 1. The fourth-order valence-corrected chi connectivity index (χ4v) is 2.70. The zero-order valence-electron chi connectivity index (χ0n) is 10.7. The first kappa shape index (κ1) is 14.3. The average molecular weight is 256 g/mol. The summed E-state index contributed by atoms with van der Waals surface area (Å²) in [6.07, 6.45) is 3.08. The lowest BCUT2D eigenvalue weighted by molar-refractivity contribution is 0.600. The van der Waals surface area contributed by atoms with Crippen molar-refractivity contribution in [2.75, 3.05) is 24.0 Å². The molecule has 0 heterocycles. The Morgan fingerprint density at radius 2 is 2.18 bits per heavy atom. The minimum absolute atomic E-state index is 0.185. The van der Waals surface area contributed by atoms with E-state index >= 15 is 0 Å². The van der Waals surface area contributed by atoms with E-state index in [9.17, 15) is 4.39 Å². The lowest BCUT2D eigenvalue weighted by Gasteiger charge is -2.29. The molecule has 0 saturated carbocycles. The topological polar surface area (TPSA) is 29.3 Å². The molecule has 2 N–H and O–H groups in total. The summed E-state index contributed by atoms with van der Waals surface area (Å²) in [5, 5.41) is 0. The van der Waals surface area contributed by atoms with E-state index in [0.717, 1.165) is 17.7 Å². The molecule has 0 aliphatic rings. The van der Waals surface area contributed by atoms with E-state index in [1.54, 1.807) is 11.8 Å². The number of halogens is 1. The highest BCUT2D eigenvalue weighted by atomic mass is 32.2. The van der Waals surface area contributed by atoms with E-state index in [4.69, 9.17) is 5.73 Å². The molecule has 0 radical (unpaired) electrons. The molecule has 4 heteroatoms. The fraction of sp³-hybridized carbons (Fsp3) is 0.538. The summed E-state index contributed by atoms with van der Waals surface area (Å²) in [4.78, 5) is 2.02. The van der Waals surface area contributed by atoms with Crippen LogP contribution in [0.5, 0.6) is 0 Å². The highest BCUT2D eigenvalue weighted by Crippen LogP contribution is 2.23. The SMILES string of the molecule is CCC(CSC)N(C)c1ccc(CN)cc1F. The third-order valence-electron chi connectivity index (χ3n) is 3.01. The Morgan fingerprint density at radius 1 is 1.47 bits per heavy atom. The van der Waals surface area contributed by atoms with Crippen molar-refractivity contribution in [3.8, 4) is 0 Å². The molecule has 0 fully saturated rings. The number of nitrogens with two attached hydrogens (primary N) is 1. The highest BCUT2D eigenvalue weighted by molar-refractivity contribution is 7.98. The Balaban J connectivity index is 2.90. The van der Waals surface area contributed by atoms with Crippen LogP contribution in [0.3, 0.4) is 0 Å². The van der Waals surface area contributed by atoms with Gasteiger partial charge in [-0.25, -0.2) is 4.39 Å². The highest BCUT2D eigenvalue weighted by Gasteiger charge is 2.16. The quantitative estimate of drug-likeness (QED) is 0.848. The van der Waals surface area contributed by atoms with Crippen LogP contribution in [0.25, 0.3) is 0 Å². The van der Waals surface area contributed by atoms with Gasteiger partial charge < -0.3 is 10.6 Å². The van der Waals surface area contributed by atoms with Gasteiger partial charge in [-0.1, -0.05) is 13.0 Å². The third-order valence-corrected chi connectivity index (χ3v) is 3.72. The van der Waals surface area contributed by atoms with Gasteiger partial charge in [0.1, 0.15) is 5.82 Å². The number of thioether (sulfide) groups is 1. The van der Waals surface area contributed by atoms with Gasteiger partial charge in [-0.05, 0) is 30.4 Å². The Kier molecular flexibility index (Phi) is 5.78. The molecule has 0 bridgehead atoms. The van der Waals surface area contributed by atoms with Crippen LogP contribution in [0.2, 0.25) is 0 Å². The minimum atomic E-state index is -0.185. The zero-order valence-corrected chi connectivity index (χ0v) is 11.6. The molecule has 1 aromatic rings. The second-order valence-corrected chi connectivity index (χ2v) is 5.03. The molecule has 0 aliphatic carbocycles. The number of nitrogens with zero attached hydrogens (tertiary/aromatic N) is 1. The predicted octanol–water partition coefficient (Wildman–Crippen LogP) is 2.86. The minimum Gasteiger partial charge on any atom is -0.368 e. The Bertz CT molecular complexity index is 357. The van der Waals surface area contributed by atoms with Crippen LogP contribution >= 0.6 is 11.8 Å². The van der Waals surface area contributed by atoms with Crippen LogP contribution in [0, 0.1) is 5.82 Å². The first-order chi connectivity index (χ1) is 8.13. The van der Waals surface area contributed by atoms with E-state index < -0.39 is 0 Å². The van der Waals surface area contributed by atoms with Crippen LogP contribution in [0.1, 0.15) is 18.9 Å². The number of benzene rings is 1. The van der Waals surface area contributed by atoms with E-state index in [1.807, 2.05) is 24.1 Å². The van der Waals surface area contributed by atoms with Crippen molar-refractivity contribution >= 4 is 17.4 Å². The van der Waals surface area contributed by atoms with Crippen molar-refractivity contribution in [2.45, 2.75) is 25.9 Å². The second-order valence-electron chi connectivity index (χ2n) is 4.12. The molecule has 0 aliphatic heterocycles. The van der Waals surface area contributed by atoms with Crippen LogP contribution < -0.4 is 10.6 Å². The molecule has 1 atom stereocenters. The number of rotatable bonds is 6. The molecule has 96 valence electrons. The van der Waals surface area contributed by atoms with Crippen molar-refractivity contribution in [3.05, 3.63) is 29.6 Å². The molecular weight excluding hydrogens is 235 g/mol. The fourth-order valence-electron chi connectivity index (χ4n) is 1.86. The number of hydrogen-bond acceptors (Lipinski definition) is 3. The Hall–Kier alpha value is -0.740. The van der Waals surface area contributed by atoms with Crippen LogP contribution in [0.4, 0.5) is 10.1 Å². The van der Waals surface area contributed by atoms with Crippen molar-refractivity contribution in [3.63, 3.8) is 0 Å². The van der Waals surface area contributed by atoms with Crippen LogP contribution in [0.15, 0.2) is 18.2 Å². The van der Waals surface area contributed by atoms with Gasteiger partial charge in [0, 0.05) is 25.4 Å². The predicted molar refractivity (Wildman–Crippen MR) is 75.2 cm³/mol. The van der Waals surface area contributed by atoms with Crippen molar-refractivity contribution in [2.24, 2.45) is 5.73 Å². The second kappa shape index (κ2) is 6.87. The Labute approximate surface area is 107 Å². The van der Waals surface area contributed by atoms with Gasteiger partial charge in [-0.2, -0.15) is 11.8 Å². The molecule has 1 aromatic carbocycles. The summed E-state index contributed by atoms with van der Waals surface area (Å²) in [6.45, 7) is 2.51. The molecule has 1 rings (SSSR count). The van der Waals surface area contributed by atoms with Crippen LogP contribution in [-0.2, 0) is 6.54 Å². The molecule has 0 amide bonds. The van der Waals surface area contributed by atoms with Gasteiger partial charge in [0.25, 0.3) is 0 Å². The maximum atomic E-state index is 13.9. The van der Waals surface area contributed by atoms with Gasteiger partial charge in [0.05, 0.1) is 5.69 Å². The molecule has 0 spiro atoms. The number of anilines is 1. The van der Waals surface area contributed by atoms with Crippen molar-refractivity contribution in [1.82, 2.24) is 0 Å². The van der Waals surface area contributed by atoms with E-state index in [2.05, 4.69) is 13.2 Å². The largest absolute Gasteiger partial charge is 0.368 e. The van der Waals surface area contributed by atoms with E-state index in [1.165, 1.54) is 6.07 Å². The van der Waals surface area contributed by atoms with Crippen molar-refractivity contribution in [1.29, 1.82) is 0 Å².